The van der Waals surface area contributed by atoms with Gasteiger partial charge in [-0.3, -0.25) is 0 Å². The predicted octanol–water partition coefficient (Wildman–Crippen LogP) is 1.93. The van der Waals surface area contributed by atoms with E-state index in [0.29, 0.717) is 24.1 Å². The van der Waals surface area contributed by atoms with Crippen molar-refractivity contribution in [3.05, 3.63) is 12.1 Å². The number of anilines is 2. The van der Waals surface area contributed by atoms with Crippen LogP contribution in [-0.4, -0.2) is 38.4 Å². The second-order valence-corrected chi connectivity index (χ2v) is 4.88. The lowest BCUT2D eigenvalue weighted by Gasteiger charge is -2.32. The van der Waals surface area contributed by atoms with E-state index in [1.807, 2.05) is 19.1 Å². The highest BCUT2D eigenvalue weighted by Gasteiger charge is 2.20. The second-order valence-electron chi connectivity index (χ2n) is 4.88. The molecule has 0 saturated carbocycles. The lowest BCUT2D eigenvalue weighted by molar-refractivity contribution is 0.139. The zero-order valence-electron chi connectivity index (χ0n) is 11.8. The van der Waals surface area contributed by atoms with Crippen molar-refractivity contribution >= 4 is 11.5 Å². The lowest BCUT2D eigenvalue weighted by Crippen LogP contribution is -2.35. The first-order chi connectivity index (χ1) is 9.24. The standard InChI is InChI=1S/C14H23N3O2/c1-3-19-14-12(15)4-5-13(16-14)17-8-6-11(7-9-17)10-18-2/h4-5,11H,3,6-10,15H2,1-2H3. The summed E-state index contributed by atoms with van der Waals surface area (Å²) in [5.74, 6) is 2.16. The van der Waals surface area contributed by atoms with E-state index in [9.17, 15) is 0 Å². The molecular formula is C14H23N3O2. The Morgan fingerprint density at radius 2 is 2.11 bits per heavy atom. The second kappa shape index (κ2) is 6.61. The van der Waals surface area contributed by atoms with Crippen LogP contribution in [0.4, 0.5) is 11.5 Å². The summed E-state index contributed by atoms with van der Waals surface area (Å²) < 4.78 is 10.7. The summed E-state index contributed by atoms with van der Waals surface area (Å²) in [6, 6.07) is 3.84. The molecule has 0 amide bonds. The Morgan fingerprint density at radius 3 is 2.74 bits per heavy atom. The summed E-state index contributed by atoms with van der Waals surface area (Å²) in [5.41, 5.74) is 6.44. The number of aromatic nitrogens is 1. The van der Waals surface area contributed by atoms with Crippen LogP contribution in [0.25, 0.3) is 0 Å². The van der Waals surface area contributed by atoms with Gasteiger partial charge in [0.05, 0.1) is 12.3 Å². The summed E-state index contributed by atoms with van der Waals surface area (Å²) in [5, 5.41) is 0. The van der Waals surface area contributed by atoms with E-state index in [1.54, 1.807) is 7.11 Å². The number of nitrogen functional groups attached to an aromatic ring is 1. The van der Waals surface area contributed by atoms with Crippen LogP contribution >= 0.6 is 0 Å². The van der Waals surface area contributed by atoms with E-state index in [1.165, 1.54) is 0 Å². The maximum Gasteiger partial charge on any atom is 0.239 e. The first-order valence-electron chi connectivity index (χ1n) is 6.87. The van der Waals surface area contributed by atoms with E-state index in [-0.39, 0.29) is 0 Å². The fourth-order valence-corrected chi connectivity index (χ4v) is 2.43. The maximum absolute atomic E-state index is 5.84. The molecule has 0 spiro atoms. The quantitative estimate of drug-likeness (QED) is 0.881. The number of hydrogen-bond donors (Lipinski definition) is 1. The summed E-state index contributed by atoms with van der Waals surface area (Å²) in [4.78, 5) is 6.79. The molecule has 1 saturated heterocycles. The minimum absolute atomic E-state index is 0.541. The molecule has 5 nitrogen and oxygen atoms in total. The Labute approximate surface area is 114 Å². The molecule has 1 fully saturated rings. The lowest BCUT2D eigenvalue weighted by atomic mass is 9.98. The van der Waals surface area contributed by atoms with Gasteiger partial charge in [0.1, 0.15) is 5.82 Å². The molecule has 1 aliphatic heterocycles. The highest BCUT2D eigenvalue weighted by Crippen LogP contribution is 2.26. The van der Waals surface area contributed by atoms with Crippen LogP contribution in [0.3, 0.4) is 0 Å². The smallest absolute Gasteiger partial charge is 0.239 e. The number of ether oxygens (including phenoxy) is 2. The molecule has 2 rings (SSSR count). The number of nitrogens with two attached hydrogens (primary N) is 1. The van der Waals surface area contributed by atoms with Crippen LogP contribution < -0.4 is 15.4 Å². The predicted molar refractivity (Wildman–Crippen MR) is 76.6 cm³/mol. The van der Waals surface area contributed by atoms with E-state index < -0.39 is 0 Å². The number of piperidine rings is 1. The number of methoxy groups -OCH3 is 1. The fourth-order valence-electron chi connectivity index (χ4n) is 2.43. The van der Waals surface area contributed by atoms with Crippen molar-refractivity contribution in [3.8, 4) is 5.88 Å². The van der Waals surface area contributed by atoms with Crippen LogP contribution in [0.5, 0.6) is 5.88 Å². The molecule has 1 aliphatic rings. The minimum atomic E-state index is 0.541. The third-order valence-corrected chi connectivity index (χ3v) is 3.50. The van der Waals surface area contributed by atoms with Crippen molar-refractivity contribution in [3.63, 3.8) is 0 Å². The van der Waals surface area contributed by atoms with Crippen molar-refractivity contribution in [2.24, 2.45) is 5.92 Å². The molecular weight excluding hydrogens is 242 g/mol. The summed E-state index contributed by atoms with van der Waals surface area (Å²) in [7, 11) is 1.77. The van der Waals surface area contributed by atoms with E-state index in [0.717, 1.165) is 38.4 Å². The van der Waals surface area contributed by atoms with Gasteiger partial charge in [0, 0.05) is 26.8 Å². The van der Waals surface area contributed by atoms with Gasteiger partial charge >= 0.3 is 0 Å². The Bertz CT molecular complexity index is 404. The summed E-state index contributed by atoms with van der Waals surface area (Å²) in [6.07, 6.45) is 2.29. The average molecular weight is 265 g/mol. The van der Waals surface area contributed by atoms with Crippen LogP contribution in [0, 0.1) is 5.92 Å². The molecule has 0 aromatic carbocycles. The molecule has 0 unspecified atom stereocenters. The first kappa shape index (κ1) is 13.9. The van der Waals surface area contributed by atoms with Gasteiger partial charge in [-0.25, -0.2) is 0 Å². The number of rotatable bonds is 5. The van der Waals surface area contributed by atoms with Crippen LogP contribution in [-0.2, 0) is 4.74 Å². The topological polar surface area (TPSA) is 60.6 Å². The monoisotopic (exact) mass is 265 g/mol. The molecule has 106 valence electrons. The van der Waals surface area contributed by atoms with Crippen molar-refractivity contribution in [1.29, 1.82) is 0 Å². The molecule has 0 atom stereocenters. The molecule has 0 bridgehead atoms. The molecule has 1 aromatic rings. The van der Waals surface area contributed by atoms with Crippen LogP contribution in [0.15, 0.2) is 12.1 Å². The Kier molecular flexibility index (Phi) is 4.85. The van der Waals surface area contributed by atoms with Crippen molar-refractivity contribution in [1.82, 2.24) is 4.98 Å². The molecule has 0 aliphatic carbocycles. The number of pyridine rings is 1. The number of hydrogen-bond acceptors (Lipinski definition) is 5. The maximum atomic E-state index is 5.84. The van der Waals surface area contributed by atoms with Gasteiger partial charge in [-0.1, -0.05) is 0 Å². The normalized spacial score (nSPS) is 16.6. The third-order valence-electron chi connectivity index (χ3n) is 3.50. The van der Waals surface area contributed by atoms with Crippen LogP contribution in [0.1, 0.15) is 19.8 Å². The fraction of sp³-hybridized carbons (Fsp3) is 0.643. The Hall–Kier alpha value is -1.49. The van der Waals surface area contributed by atoms with Gasteiger partial charge in [0.15, 0.2) is 0 Å². The zero-order valence-corrected chi connectivity index (χ0v) is 11.8. The molecule has 2 N–H and O–H groups in total. The molecule has 19 heavy (non-hydrogen) atoms. The number of nitrogens with zero attached hydrogens (tertiary/aromatic N) is 2. The highest BCUT2D eigenvalue weighted by molar-refractivity contribution is 5.54. The SMILES string of the molecule is CCOc1nc(N2CCC(COC)CC2)ccc1N. The molecule has 0 radical (unpaired) electrons. The van der Waals surface area contributed by atoms with Gasteiger partial charge in [-0.05, 0) is 37.8 Å². The van der Waals surface area contributed by atoms with Gasteiger partial charge in [0.2, 0.25) is 5.88 Å². The van der Waals surface area contributed by atoms with E-state index >= 15 is 0 Å². The summed E-state index contributed by atoms with van der Waals surface area (Å²) >= 11 is 0. The van der Waals surface area contributed by atoms with Crippen molar-refractivity contribution < 1.29 is 9.47 Å². The van der Waals surface area contributed by atoms with Crippen molar-refractivity contribution in [2.75, 3.05) is 44.0 Å². The molecule has 5 heteroatoms. The van der Waals surface area contributed by atoms with Gasteiger partial charge in [-0.2, -0.15) is 4.98 Å². The molecule has 1 aromatic heterocycles. The first-order valence-corrected chi connectivity index (χ1v) is 6.87. The third kappa shape index (κ3) is 3.50. The zero-order chi connectivity index (χ0) is 13.7. The Balaban J connectivity index is 2.01. The largest absolute Gasteiger partial charge is 0.476 e. The minimum Gasteiger partial charge on any atom is -0.476 e. The van der Waals surface area contributed by atoms with E-state index in [4.69, 9.17) is 15.2 Å². The van der Waals surface area contributed by atoms with Gasteiger partial charge in [-0.15, -0.1) is 0 Å². The van der Waals surface area contributed by atoms with Gasteiger partial charge in [0.25, 0.3) is 0 Å². The van der Waals surface area contributed by atoms with Crippen LogP contribution in [0.2, 0.25) is 0 Å². The van der Waals surface area contributed by atoms with E-state index in [2.05, 4.69) is 9.88 Å². The summed E-state index contributed by atoms with van der Waals surface area (Å²) in [6.45, 7) is 5.39. The van der Waals surface area contributed by atoms with Crippen molar-refractivity contribution in [2.45, 2.75) is 19.8 Å². The highest BCUT2D eigenvalue weighted by atomic mass is 16.5. The van der Waals surface area contributed by atoms with Gasteiger partial charge < -0.3 is 20.1 Å². The Morgan fingerprint density at radius 1 is 1.37 bits per heavy atom. The average Bonchev–Trinajstić information content (AvgIpc) is 2.43. The molecule has 2 heterocycles.